The van der Waals surface area contributed by atoms with Gasteiger partial charge in [-0.05, 0) is 33.1 Å². The van der Waals surface area contributed by atoms with Crippen LogP contribution in [0.1, 0.15) is 64.6 Å². The van der Waals surface area contributed by atoms with E-state index in [-0.39, 0.29) is 5.41 Å². The lowest BCUT2D eigenvalue weighted by Crippen LogP contribution is -2.39. The van der Waals surface area contributed by atoms with Crippen molar-refractivity contribution in [2.24, 2.45) is 5.73 Å². The van der Waals surface area contributed by atoms with Gasteiger partial charge in [0.25, 0.3) is 0 Å². The van der Waals surface area contributed by atoms with Crippen molar-refractivity contribution in [2.75, 3.05) is 13.2 Å². The van der Waals surface area contributed by atoms with Crippen LogP contribution >= 0.6 is 0 Å². The number of rotatable bonds is 6. The summed E-state index contributed by atoms with van der Waals surface area (Å²) in [6, 6.07) is 0. The molecule has 0 saturated heterocycles. The minimum atomic E-state index is -0.689. The second-order valence-corrected chi connectivity index (χ2v) is 5.82. The van der Waals surface area contributed by atoms with Gasteiger partial charge in [-0.25, -0.2) is 0 Å². The molecular weight excluding hydrogens is 242 g/mol. The Bertz CT molecular complexity index is 409. The Labute approximate surface area is 114 Å². The van der Waals surface area contributed by atoms with Crippen molar-refractivity contribution in [2.45, 2.75) is 63.8 Å². The molecular formula is C14H25N3O2. The van der Waals surface area contributed by atoms with Crippen LogP contribution in [0.3, 0.4) is 0 Å². The van der Waals surface area contributed by atoms with Gasteiger partial charge in [0.1, 0.15) is 5.54 Å². The third-order valence-corrected chi connectivity index (χ3v) is 4.23. The first-order chi connectivity index (χ1) is 9.04. The summed E-state index contributed by atoms with van der Waals surface area (Å²) >= 11 is 0. The molecule has 19 heavy (non-hydrogen) atoms. The Balaban J connectivity index is 2.18. The first-order valence-electron chi connectivity index (χ1n) is 7.25. The van der Waals surface area contributed by atoms with Gasteiger partial charge < -0.3 is 15.0 Å². The minimum absolute atomic E-state index is 0.0763. The molecule has 1 aromatic heterocycles. The molecule has 1 fully saturated rings. The molecule has 0 bridgehead atoms. The van der Waals surface area contributed by atoms with Gasteiger partial charge in [0.15, 0.2) is 5.82 Å². The summed E-state index contributed by atoms with van der Waals surface area (Å²) in [7, 11) is 0. The molecule has 5 nitrogen and oxygen atoms in total. The lowest BCUT2D eigenvalue weighted by molar-refractivity contribution is 0.0962. The number of nitrogens with two attached hydrogens (primary N) is 1. The fourth-order valence-corrected chi connectivity index (χ4v) is 2.82. The van der Waals surface area contributed by atoms with Crippen molar-refractivity contribution < 1.29 is 9.26 Å². The van der Waals surface area contributed by atoms with Crippen LogP contribution in [0.5, 0.6) is 0 Å². The SMILES string of the molecule is CCOCC(C)(N)c1noc(C2(CC)CCCC2)n1. The summed E-state index contributed by atoms with van der Waals surface area (Å²) in [6.45, 7) is 7.06. The van der Waals surface area contributed by atoms with E-state index in [0.717, 1.165) is 25.2 Å². The van der Waals surface area contributed by atoms with Gasteiger partial charge in [-0.15, -0.1) is 0 Å². The topological polar surface area (TPSA) is 74.2 Å². The highest BCUT2D eigenvalue weighted by Gasteiger charge is 2.40. The Hall–Kier alpha value is -0.940. The zero-order chi connectivity index (χ0) is 13.9. The van der Waals surface area contributed by atoms with Crippen LogP contribution in [-0.2, 0) is 15.7 Å². The predicted molar refractivity (Wildman–Crippen MR) is 72.8 cm³/mol. The molecule has 1 atom stereocenters. The van der Waals surface area contributed by atoms with Crippen molar-refractivity contribution in [3.8, 4) is 0 Å². The molecule has 1 unspecified atom stereocenters. The van der Waals surface area contributed by atoms with E-state index in [1.165, 1.54) is 12.8 Å². The third-order valence-electron chi connectivity index (χ3n) is 4.23. The van der Waals surface area contributed by atoms with E-state index in [2.05, 4.69) is 17.1 Å². The Morgan fingerprint density at radius 3 is 2.63 bits per heavy atom. The molecule has 5 heteroatoms. The van der Waals surface area contributed by atoms with Crippen molar-refractivity contribution in [1.29, 1.82) is 0 Å². The van der Waals surface area contributed by atoms with Gasteiger partial charge in [0.05, 0.1) is 6.61 Å². The van der Waals surface area contributed by atoms with E-state index < -0.39 is 5.54 Å². The van der Waals surface area contributed by atoms with Crippen molar-refractivity contribution in [1.82, 2.24) is 10.1 Å². The van der Waals surface area contributed by atoms with Gasteiger partial charge >= 0.3 is 0 Å². The zero-order valence-electron chi connectivity index (χ0n) is 12.2. The molecule has 0 radical (unpaired) electrons. The monoisotopic (exact) mass is 267 g/mol. The summed E-state index contributed by atoms with van der Waals surface area (Å²) in [5.41, 5.74) is 5.60. The highest BCUT2D eigenvalue weighted by molar-refractivity contribution is 5.11. The average Bonchev–Trinajstić information content (AvgIpc) is 3.05. The van der Waals surface area contributed by atoms with Gasteiger partial charge in [-0.1, -0.05) is 24.9 Å². The van der Waals surface area contributed by atoms with Gasteiger partial charge in [-0.3, -0.25) is 0 Å². The summed E-state index contributed by atoms with van der Waals surface area (Å²) in [6.07, 6.45) is 5.80. The summed E-state index contributed by atoms with van der Waals surface area (Å²) in [4.78, 5) is 4.58. The van der Waals surface area contributed by atoms with Crippen LogP contribution in [0.4, 0.5) is 0 Å². The quantitative estimate of drug-likeness (QED) is 0.857. The zero-order valence-corrected chi connectivity index (χ0v) is 12.2. The standard InChI is InChI=1S/C14H25N3O2/c1-4-14(8-6-7-9-14)12-16-11(17-19-12)13(3,15)10-18-5-2/h4-10,15H2,1-3H3. The molecule has 2 N–H and O–H groups in total. The van der Waals surface area contributed by atoms with Crippen LogP contribution in [0.2, 0.25) is 0 Å². The lowest BCUT2D eigenvalue weighted by atomic mass is 9.83. The number of ether oxygens (including phenoxy) is 1. The molecule has 108 valence electrons. The van der Waals surface area contributed by atoms with Crippen LogP contribution in [-0.4, -0.2) is 23.4 Å². The highest BCUT2D eigenvalue weighted by atomic mass is 16.5. The molecule has 0 amide bonds. The first-order valence-corrected chi connectivity index (χ1v) is 7.25. The second-order valence-electron chi connectivity index (χ2n) is 5.82. The maximum atomic E-state index is 6.21. The maximum absolute atomic E-state index is 6.21. The predicted octanol–water partition coefficient (Wildman–Crippen LogP) is 2.50. The van der Waals surface area contributed by atoms with Gasteiger partial charge in [0, 0.05) is 12.0 Å². The number of hydrogen-bond acceptors (Lipinski definition) is 5. The normalized spacial score (nSPS) is 21.5. The van der Waals surface area contributed by atoms with E-state index in [0.29, 0.717) is 19.0 Å². The fourth-order valence-electron chi connectivity index (χ4n) is 2.82. The van der Waals surface area contributed by atoms with Crippen molar-refractivity contribution in [3.63, 3.8) is 0 Å². The smallest absolute Gasteiger partial charge is 0.232 e. The fraction of sp³-hybridized carbons (Fsp3) is 0.857. The van der Waals surface area contributed by atoms with E-state index in [4.69, 9.17) is 15.0 Å². The van der Waals surface area contributed by atoms with Crippen molar-refractivity contribution >= 4 is 0 Å². The number of aromatic nitrogens is 2. The highest BCUT2D eigenvalue weighted by Crippen LogP contribution is 2.43. The molecule has 1 saturated carbocycles. The largest absolute Gasteiger partial charge is 0.379 e. The molecule has 1 aliphatic carbocycles. The second kappa shape index (κ2) is 5.59. The van der Waals surface area contributed by atoms with Crippen LogP contribution in [0.25, 0.3) is 0 Å². The Kier molecular flexibility index (Phi) is 4.26. The Morgan fingerprint density at radius 1 is 1.37 bits per heavy atom. The van der Waals surface area contributed by atoms with Crippen LogP contribution in [0.15, 0.2) is 4.52 Å². The lowest BCUT2D eigenvalue weighted by Gasteiger charge is -2.22. The molecule has 0 spiro atoms. The Morgan fingerprint density at radius 2 is 2.05 bits per heavy atom. The summed E-state index contributed by atoms with van der Waals surface area (Å²) < 4.78 is 10.9. The molecule has 1 heterocycles. The number of nitrogens with zero attached hydrogens (tertiary/aromatic N) is 2. The maximum Gasteiger partial charge on any atom is 0.232 e. The van der Waals surface area contributed by atoms with Crippen LogP contribution < -0.4 is 5.73 Å². The summed E-state index contributed by atoms with van der Waals surface area (Å²) in [5.74, 6) is 1.31. The van der Waals surface area contributed by atoms with E-state index in [1.807, 2.05) is 13.8 Å². The van der Waals surface area contributed by atoms with Gasteiger partial charge in [0.2, 0.25) is 5.89 Å². The molecule has 2 rings (SSSR count). The van der Waals surface area contributed by atoms with Crippen molar-refractivity contribution in [3.05, 3.63) is 11.7 Å². The summed E-state index contributed by atoms with van der Waals surface area (Å²) in [5, 5.41) is 4.09. The molecule has 0 aliphatic heterocycles. The molecule has 0 aromatic carbocycles. The molecule has 1 aromatic rings. The first kappa shape index (κ1) is 14.5. The molecule has 1 aliphatic rings. The number of hydrogen-bond donors (Lipinski definition) is 1. The van der Waals surface area contributed by atoms with Crippen LogP contribution in [0, 0.1) is 0 Å². The van der Waals surface area contributed by atoms with E-state index in [1.54, 1.807) is 0 Å². The van der Waals surface area contributed by atoms with E-state index >= 15 is 0 Å². The average molecular weight is 267 g/mol. The third kappa shape index (κ3) is 2.82. The minimum Gasteiger partial charge on any atom is -0.379 e. The van der Waals surface area contributed by atoms with E-state index in [9.17, 15) is 0 Å². The van der Waals surface area contributed by atoms with Gasteiger partial charge in [-0.2, -0.15) is 4.98 Å².